The largest absolute Gasteiger partial charge is 0.481 e. The van der Waals surface area contributed by atoms with Gasteiger partial charge in [-0.15, -0.1) is 0 Å². The van der Waals surface area contributed by atoms with Crippen LogP contribution in [0.25, 0.3) is 0 Å². The summed E-state index contributed by atoms with van der Waals surface area (Å²) in [6, 6.07) is 0. The average molecular weight is 649 g/mol. The molecular weight excluding hydrogens is 592 g/mol. The van der Waals surface area contributed by atoms with Gasteiger partial charge in [-0.2, -0.15) is 19.6 Å². The Morgan fingerprint density at radius 2 is 1.50 bits per heavy atom. The van der Waals surface area contributed by atoms with Crippen molar-refractivity contribution in [2.75, 3.05) is 0 Å². The lowest BCUT2D eigenvalue weighted by molar-refractivity contribution is -0.665. The molecule has 6 rings (SSSR count). The molecule has 1 N–H and O–H groups in total. The Balaban J connectivity index is 1.26. The minimum absolute atomic E-state index is 0.109. The first-order chi connectivity index (χ1) is 21.7. The molecule has 2 spiro atoms. The Bertz CT molecular complexity index is 1150. The molecule has 1 aliphatic heterocycles. The van der Waals surface area contributed by atoms with E-state index < -0.39 is 17.5 Å². The van der Waals surface area contributed by atoms with E-state index in [1.807, 2.05) is 0 Å². The van der Waals surface area contributed by atoms with Gasteiger partial charge in [0.15, 0.2) is 0 Å². The van der Waals surface area contributed by atoms with Crippen molar-refractivity contribution in [1.82, 2.24) is 0 Å². The first-order valence-electron chi connectivity index (χ1n) is 18.0. The number of rotatable bonds is 7. The van der Waals surface area contributed by atoms with Crippen molar-refractivity contribution in [3.63, 3.8) is 0 Å². The van der Waals surface area contributed by atoms with Crippen molar-refractivity contribution >= 4 is 17.9 Å². The summed E-state index contributed by atoms with van der Waals surface area (Å²) in [7, 11) is 0. The van der Waals surface area contributed by atoms with E-state index in [-0.39, 0.29) is 76.9 Å². The lowest BCUT2D eigenvalue weighted by atomic mass is 9.42. The van der Waals surface area contributed by atoms with Crippen LogP contribution in [0.3, 0.4) is 0 Å². The molecule has 0 aromatic heterocycles. The number of carboxylic acids is 1. The zero-order chi connectivity index (χ0) is 33.1. The number of fused-ring (bicyclic) bond motifs is 5. The second-order valence-electron chi connectivity index (χ2n) is 16.4. The van der Waals surface area contributed by atoms with E-state index in [0.717, 1.165) is 51.4 Å². The fourth-order valence-corrected chi connectivity index (χ4v) is 11.5. The quantitative estimate of drug-likeness (QED) is 0.225. The first-order valence-corrected chi connectivity index (χ1v) is 18.0. The van der Waals surface area contributed by atoms with Gasteiger partial charge >= 0.3 is 17.9 Å². The third kappa shape index (κ3) is 5.91. The fourth-order valence-electron chi connectivity index (χ4n) is 11.5. The normalized spacial score (nSPS) is 47.3. The summed E-state index contributed by atoms with van der Waals surface area (Å²) in [4.78, 5) is 61.2. The second-order valence-corrected chi connectivity index (χ2v) is 16.4. The predicted octanol–water partition coefficient (Wildman–Crippen LogP) is 7.13. The van der Waals surface area contributed by atoms with Crippen molar-refractivity contribution in [2.45, 2.75) is 155 Å². The monoisotopic (exact) mass is 648 g/mol. The molecule has 6 fully saturated rings. The van der Waals surface area contributed by atoms with E-state index in [2.05, 4.69) is 27.7 Å². The zero-order valence-electron chi connectivity index (χ0n) is 28.7. The van der Waals surface area contributed by atoms with Gasteiger partial charge in [0.1, 0.15) is 12.2 Å². The molecule has 10 heteroatoms. The van der Waals surface area contributed by atoms with Gasteiger partial charge in [0.25, 0.3) is 0 Å². The Morgan fingerprint density at radius 3 is 2.11 bits per heavy atom. The highest BCUT2D eigenvalue weighted by atomic mass is 17.4. The van der Waals surface area contributed by atoms with Gasteiger partial charge in [-0.3, -0.25) is 14.4 Å². The summed E-state index contributed by atoms with van der Waals surface area (Å²) in [5.74, 6) is -1.61. The summed E-state index contributed by atoms with van der Waals surface area (Å²) in [6.45, 7) is 12.0. The number of hydrogen-bond acceptors (Lipinski definition) is 9. The van der Waals surface area contributed by atoms with Crippen molar-refractivity contribution < 1.29 is 48.5 Å². The number of esters is 2. The molecule has 10 nitrogen and oxygen atoms in total. The molecule has 10 atom stereocenters. The predicted molar refractivity (Wildman–Crippen MR) is 165 cm³/mol. The maximum atomic E-state index is 12.6. The number of aliphatic carboxylic acids is 1. The Kier molecular flexibility index (Phi) is 9.35. The van der Waals surface area contributed by atoms with Crippen molar-refractivity contribution in [1.29, 1.82) is 0 Å². The minimum Gasteiger partial charge on any atom is -0.481 e. The Labute approximate surface area is 273 Å². The molecule has 0 radical (unpaired) electrons. The van der Waals surface area contributed by atoms with Gasteiger partial charge in [0.2, 0.25) is 11.6 Å². The third-order valence-corrected chi connectivity index (χ3v) is 14.1. The zero-order valence-corrected chi connectivity index (χ0v) is 28.7. The molecule has 1 heterocycles. The van der Waals surface area contributed by atoms with Crippen LogP contribution in [0.4, 0.5) is 0 Å². The molecule has 5 saturated carbocycles. The van der Waals surface area contributed by atoms with Crippen molar-refractivity contribution in [2.24, 2.45) is 52.3 Å². The summed E-state index contributed by atoms with van der Waals surface area (Å²) >= 11 is 0. The minimum atomic E-state index is -1.01. The molecule has 6 aliphatic rings. The van der Waals surface area contributed by atoms with Gasteiger partial charge in [0, 0.05) is 57.3 Å². The van der Waals surface area contributed by atoms with Crippen molar-refractivity contribution in [3.05, 3.63) is 0 Å². The molecule has 0 aromatic carbocycles. The van der Waals surface area contributed by atoms with Crippen LogP contribution in [0.15, 0.2) is 0 Å². The summed E-state index contributed by atoms with van der Waals surface area (Å²) in [5, 5.41) is 9.41. The topological polar surface area (TPSA) is 127 Å². The highest BCUT2D eigenvalue weighted by molar-refractivity contribution is 5.67. The Morgan fingerprint density at radius 1 is 0.848 bits per heavy atom. The van der Waals surface area contributed by atoms with Crippen molar-refractivity contribution in [3.8, 4) is 0 Å². The van der Waals surface area contributed by atoms with Crippen LogP contribution < -0.4 is 0 Å². The lowest BCUT2D eigenvalue weighted by Crippen LogP contribution is -2.65. The first kappa shape index (κ1) is 34.1. The van der Waals surface area contributed by atoms with Crippen LogP contribution >= 0.6 is 0 Å². The number of carbonyl (C=O) groups excluding carboxylic acids is 2. The standard InChI is InChI=1S/C36H56O10/c1-7-24-12-14-35(15-13-24)43-45-36(46-44-35)17-16-33(5)25(20-36)18-29(41-22(3)37)32-27-10-9-26(21(2)8-11-31(39)40)34(27,6)30(19-28(32)33)42-23(4)38/h21,24-30,32H,7-20H2,1-6H3,(H,39,40)/t21-,24?,25-,26-,27+,28+,29-,30+,32+,33+,34-,35?,36?/m1/s1. The highest BCUT2D eigenvalue weighted by Gasteiger charge is 2.69. The van der Waals surface area contributed by atoms with Gasteiger partial charge in [-0.25, -0.2) is 0 Å². The molecule has 0 aromatic rings. The summed E-state index contributed by atoms with van der Waals surface area (Å²) < 4.78 is 12.5. The van der Waals surface area contributed by atoms with Gasteiger partial charge in [-0.1, -0.05) is 34.1 Å². The fraction of sp³-hybridized carbons (Fsp3) is 0.917. The van der Waals surface area contributed by atoms with Crippen LogP contribution in [0.5, 0.6) is 0 Å². The molecule has 260 valence electrons. The van der Waals surface area contributed by atoms with Gasteiger partial charge in [-0.05, 0) is 92.3 Å². The van der Waals surface area contributed by atoms with E-state index in [4.69, 9.17) is 29.0 Å². The smallest absolute Gasteiger partial charge is 0.303 e. The van der Waals surface area contributed by atoms with E-state index in [0.29, 0.717) is 38.0 Å². The van der Waals surface area contributed by atoms with E-state index in [1.165, 1.54) is 13.8 Å². The van der Waals surface area contributed by atoms with Crippen LogP contribution in [-0.2, 0) is 43.4 Å². The number of hydrogen-bond donors (Lipinski definition) is 1. The van der Waals surface area contributed by atoms with E-state index in [9.17, 15) is 19.5 Å². The molecule has 1 saturated heterocycles. The molecule has 46 heavy (non-hydrogen) atoms. The van der Waals surface area contributed by atoms with Crippen LogP contribution in [0.1, 0.15) is 131 Å². The lowest BCUT2D eigenvalue weighted by Gasteiger charge is -2.65. The van der Waals surface area contributed by atoms with Crippen LogP contribution in [0.2, 0.25) is 0 Å². The highest BCUT2D eigenvalue weighted by Crippen LogP contribution is 2.70. The molecule has 0 unspecified atom stereocenters. The maximum Gasteiger partial charge on any atom is 0.303 e. The molecule has 0 amide bonds. The van der Waals surface area contributed by atoms with Gasteiger partial charge < -0.3 is 14.6 Å². The molecule has 0 bridgehead atoms. The maximum absolute atomic E-state index is 12.6. The molecular formula is C36H56O10. The second kappa shape index (κ2) is 12.6. The third-order valence-electron chi connectivity index (χ3n) is 14.1. The van der Waals surface area contributed by atoms with Crippen LogP contribution in [-0.4, -0.2) is 46.8 Å². The van der Waals surface area contributed by atoms with E-state index in [1.54, 1.807) is 0 Å². The number of ether oxygens (including phenoxy) is 2. The summed E-state index contributed by atoms with van der Waals surface area (Å²) in [5.41, 5.74) is -0.467. The van der Waals surface area contributed by atoms with Gasteiger partial charge in [0.05, 0.1) is 0 Å². The molecule has 5 aliphatic carbocycles. The van der Waals surface area contributed by atoms with E-state index >= 15 is 0 Å². The average Bonchev–Trinajstić information content (AvgIpc) is 3.37. The Hall–Kier alpha value is -1.75. The van der Waals surface area contributed by atoms with Crippen LogP contribution in [0, 0.1) is 52.3 Å². The number of carbonyl (C=O) groups is 3. The SMILES string of the molecule is CCC1CCC2(CC1)OOC1(CC[C@@]3(C)[C@H](C[C@@H](OC(C)=O)[C@@H]4[C@@H]3C[C@H](OC(C)=O)[C@]3(C)[C@@H]([C@H](C)CCC(=O)O)CC[C@@H]43)C1)OO2. The summed E-state index contributed by atoms with van der Waals surface area (Å²) in [6.07, 6.45) is 10.1. The number of carboxylic acid groups (broad SMARTS) is 1.